The molecule has 10 nitrogen and oxygen atoms in total. The summed E-state index contributed by atoms with van der Waals surface area (Å²) in [4.78, 5) is 8.76. The molecular weight excluding hydrogens is 577 g/mol. The SMILES string of the molecule is Cc1sc(N)nc1-c1cn(C[C@H](O)C(OC(CO)[C@@H](C)O)Sc2cnc(C(F)(F)F)c(Br)c2)nn1. The quantitative estimate of drug-likeness (QED) is 0.202. The molecule has 0 aliphatic carbocycles. The summed E-state index contributed by atoms with van der Waals surface area (Å²) in [6.45, 7) is 2.57. The van der Waals surface area contributed by atoms with E-state index in [-0.39, 0.29) is 15.9 Å². The topological polar surface area (TPSA) is 152 Å². The lowest BCUT2D eigenvalue weighted by Gasteiger charge is -2.28. The van der Waals surface area contributed by atoms with Gasteiger partial charge in [-0.1, -0.05) is 17.0 Å². The van der Waals surface area contributed by atoms with Gasteiger partial charge in [0.15, 0.2) is 10.8 Å². The van der Waals surface area contributed by atoms with Gasteiger partial charge < -0.3 is 25.8 Å². The first-order valence-electron chi connectivity index (χ1n) is 10.0. The molecule has 35 heavy (non-hydrogen) atoms. The first kappa shape index (κ1) is 27.8. The van der Waals surface area contributed by atoms with Gasteiger partial charge in [-0.25, -0.2) is 14.6 Å². The van der Waals surface area contributed by atoms with Crippen molar-refractivity contribution in [1.82, 2.24) is 25.0 Å². The van der Waals surface area contributed by atoms with Gasteiger partial charge in [-0.3, -0.25) is 0 Å². The minimum Gasteiger partial charge on any atom is -0.394 e. The molecule has 0 spiro atoms. The number of alkyl halides is 3. The third kappa shape index (κ3) is 7.12. The zero-order valence-corrected chi connectivity index (χ0v) is 21.6. The number of halogens is 4. The average Bonchev–Trinajstić information content (AvgIpc) is 3.34. The van der Waals surface area contributed by atoms with Crippen molar-refractivity contribution in [2.75, 3.05) is 12.3 Å². The lowest BCUT2D eigenvalue weighted by atomic mass is 10.2. The lowest BCUT2D eigenvalue weighted by molar-refractivity contribution is -0.141. The molecule has 16 heteroatoms. The van der Waals surface area contributed by atoms with Crippen molar-refractivity contribution < 1.29 is 33.2 Å². The number of aliphatic hydroxyl groups is 3. The van der Waals surface area contributed by atoms with Crippen LogP contribution in [0.15, 0.2) is 27.8 Å². The second kappa shape index (κ2) is 11.5. The molecule has 0 bridgehead atoms. The molecule has 0 aliphatic rings. The summed E-state index contributed by atoms with van der Waals surface area (Å²) in [7, 11) is 0. The summed E-state index contributed by atoms with van der Waals surface area (Å²) in [5, 5.41) is 38.7. The number of aromatic nitrogens is 5. The van der Waals surface area contributed by atoms with E-state index in [1.165, 1.54) is 29.0 Å². The van der Waals surface area contributed by atoms with Gasteiger partial charge in [-0.2, -0.15) is 13.2 Å². The number of hydrogen-bond donors (Lipinski definition) is 4. The summed E-state index contributed by atoms with van der Waals surface area (Å²) in [5.41, 5.74) is 4.53. The first-order chi connectivity index (χ1) is 16.4. The fraction of sp³-hybridized carbons (Fsp3) is 0.474. The number of rotatable bonds is 10. The van der Waals surface area contributed by atoms with Crippen LogP contribution in [0.25, 0.3) is 11.4 Å². The molecular formula is C19H22BrF3N6O4S2. The van der Waals surface area contributed by atoms with Crippen LogP contribution >= 0.6 is 39.0 Å². The molecule has 3 heterocycles. The third-order valence-corrected chi connectivity index (χ3v) is 7.20. The Morgan fingerprint density at radius 2 is 2.06 bits per heavy atom. The molecule has 3 aromatic heterocycles. The van der Waals surface area contributed by atoms with E-state index in [9.17, 15) is 28.5 Å². The van der Waals surface area contributed by atoms with Crippen LogP contribution in [0.1, 0.15) is 17.5 Å². The van der Waals surface area contributed by atoms with E-state index in [0.29, 0.717) is 16.5 Å². The maximum atomic E-state index is 13.0. The van der Waals surface area contributed by atoms with Gasteiger partial charge in [0.25, 0.3) is 0 Å². The minimum absolute atomic E-state index is 0.115. The Bertz CT molecular complexity index is 1150. The standard InChI is InChI=1S/C19H22BrF3N6O4S2/c1-8(31)14(7-30)33-17(35-10-3-11(20)16(25-4-10)19(21,22)23)13(32)6-29-5-12(27-28-29)15-9(2)34-18(24)26-15/h3-5,8,13-14,17,30-32H,6-7H2,1-2H3,(H2,24,26)/t8-,13+,14?,17?/m1/s1. The third-order valence-electron chi connectivity index (χ3n) is 4.65. The average molecular weight is 599 g/mol. The fourth-order valence-electron chi connectivity index (χ4n) is 2.93. The van der Waals surface area contributed by atoms with Gasteiger partial charge in [-0.15, -0.1) is 16.4 Å². The Hall–Kier alpha value is -1.82. The van der Waals surface area contributed by atoms with Crippen LogP contribution in [0.4, 0.5) is 18.3 Å². The predicted molar refractivity (Wildman–Crippen MR) is 127 cm³/mol. The number of ether oxygens (including phenoxy) is 1. The molecule has 3 aromatic rings. The Labute approximate surface area is 214 Å². The van der Waals surface area contributed by atoms with Crippen molar-refractivity contribution in [3.05, 3.63) is 33.5 Å². The Balaban J connectivity index is 1.81. The van der Waals surface area contributed by atoms with Crippen LogP contribution < -0.4 is 5.73 Å². The highest BCUT2D eigenvalue weighted by Crippen LogP contribution is 2.37. The van der Waals surface area contributed by atoms with Gasteiger partial charge >= 0.3 is 6.18 Å². The Morgan fingerprint density at radius 3 is 2.60 bits per heavy atom. The largest absolute Gasteiger partial charge is 0.434 e. The van der Waals surface area contributed by atoms with Crippen molar-refractivity contribution >= 4 is 44.2 Å². The summed E-state index contributed by atoms with van der Waals surface area (Å²) < 4.78 is 45.9. The highest BCUT2D eigenvalue weighted by molar-refractivity contribution is 9.10. The first-order valence-corrected chi connectivity index (χ1v) is 12.5. The molecule has 0 saturated carbocycles. The van der Waals surface area contributed by atoms with Crippen LogP contribution in [0, 0.1) is 6.92 Å². The second-order valence-corrected chi connectivity index (χ2v) is 10.7. The monoisotopic (exact) mass is 598 g/mol. The summed E-state index contributed by atoms with van der Waals surface area (Å²) in [5.74, 6) is 0. The number of thiazole rings is 1. The predicted octanol–water partition coefficient (Wildman–Crippen LogP) is 2.71. The number of nitrogens with zero attached hydrogens (tertiary/aromatic N) is 5. The lowest BCUT2D eigenvalue weighted by Crippen LogP contribution is -2.39. The van der Waals surface area contributed by atoms with Crippen LogP contribution in [0.5, 0.6) is 0 Å². The highest BCUT2D eigenvalue weighted by Gasteiger charge is 2.35. The number of anilines is 1. The maximum absolute atomic E-state index is 13.0. The molecule has 0 saturated heterocycles. The summed E-state index contributed by atoms with van der Waals surface area (Å²) >= 11 is 5.04. The van der Waals surface area contributed by atoms with Gasteiger partial charge in [0.05, 0.1) is 25.5 Å². The van der Waals surface area contributed by atoms with Crippen LogP contribution in [-0.2, 0) is 17.5 Å². The smallest absolute Gasteiger partial charge is 0.394 e. The zero-order chi connectivity index (χ0) is 25.9. The van der Waals surface area contributed by atoms with E-state index in [1.54, 1.807) is 6.20 Å². The van der Waals surface area contributed by atoms with E-state index < -0.39 is 42.2 Å². The number of thioether (sulfide) groups is 1. The molecule has 5 N–H and O–H groups in total. The van der Waals surface area contributed by atoms with E-state index >= 15 is 0 Å². The Kier molecular flexibility index (Phi) is 9.11. The van der Waals surface area contributed by atoms with Crippen molar-refractivity contribution in [1.29, 1.82) is 0 Å². The van der Waals surface area contributed by atoms with Gasteiger partial charge in [-0.05, 0) is 35.8 Å². The number of nitrogens with two attached hydrogens (primary N) is 1. The molecule has 0 aromatic carbocycles. The number of pyridine rings is 1. The van der Waals surface area contributed by atoms with Crippen molar-refractivity contribution in [3.63, 3.8) is 0 Å². The highest BCUT2D eigenvalue weighted by atomic mass is 79.9. The van der Waals surface area contributed by atoms with Crippen molar-refractivity contribution in [2.45, 2.75) is 55.2 Å². The second-order valence-electron chi connectivity index (χ2n) is 7.43. The van der Waals surface area contributed by atoms with Gasteiger partial charge in [0, 0.05) is 20.4 Å². The van der Waals surface area contributed by atoms with E-state index in [1.807, 2.05) is 6.92 Å². The molecule has 3 rings (SSSR count). The van der Waals surface area contributed by atoms with Crippen molar-refractivity contribution in [3.8, 4) is 11.4 Å². The van der Waals surface area contributed by atoms with Crippen molar-refractivity contribution in [2.24, 2.45) is 0 Å². The summed E-state index contributed by atoms with van der Waals surface area (Å²) in [6.07, 6.45) is -5.49. The van der Waals surface area contributed by atoms with Crippen LogP contribution in [-0.4, -0.2) is 70.6 Å². The van der Waals surface area contributed by atoms with E-state index in [4.69, 9.17) is 10.5 Å². The van der Waals surface area contributed by atoms with Gasteiger partial charge in [0.2, 0.25) is 0 Å². The molecule has 4 atom stereocenters. The number of nitrogen functional groups attached to an aromatic ring is 1. The number of aryl methyl sites for hydroxylation is 1. The summed E-state index contributed by atoms with van der Waals surface area (Å²) in [6, 6.07) is 1.20. The van der Waals surface area contributed by atoms with E-state index in [2.05, 4.69) is 36.2 Å². The van der Waals surface area contributed by atoms with Crippen LogP contribution in [0.3, 0.4) is 0 Å². The van der Waals surface area contributed by atoms with E-state index in [0.717, 1.165) is 22.8 Å². The molecule has 192 valence electrons. The minimum atomic E-state index is -4.64. The molecule has 0 aliphatic heterocycles. The molecule has 2 unspecified atom stereocenters. The van der Waals surface area contributed by atoms with Crippen LogP contribution in [0.2, 0.25) is 0 Å². The molecule has 0 fully saturated rings. The fourth-order valence-corrected chi connectivity index (χ4v) is 5.37. The Morgan fingerprint density at radius 1 is 1.34 bits per heavy atom. The molecule has 0 radical (unpaired) electrons. The number of hydrogen-bond acceptors (Lipinski definition) is 11. The number of aliphatic hydroxyl groups excluding tert-OH is 3. The molecule has 0 amide bonds. The normalized spacial score (nSPS) is 15.7. The maximum Gasteiger partial charge on any atom is 0.434 e. The zero-order valence-electron chi connectivity index (χ0n) is 18.3. The van der Waals surface area contributed by atoms with Gasteiger partial charge in [0.1, 0.15) is 29.0 Å².